The summed E-state index contributed by atoms with van der Waals surface area (Å²) in [5, 5.41) is 9.58. The number of hydrogen-bond donors (Lipinski definition) is 1. The second-order valence-electron chi connectivity index (χ2n) is 5.11. The zero-order valence-electron chi connectivity index (χ0n) is 10.8. The summed E-state index contributed by atoms with van der Waals surface area (Å²) < 4.78 is 70.1. The van der Waals surface area contributed by atoms with Crippen molar-refractivity contribution < 1.29 is 31.8 Å². The van der Waals surface area contributed by atoms with Crippen molar-refractivity contribution in [3.63, 3.8) is 0 Å². The maximum Gasteiger partial charge on any atom is 0.417 e. The van der Waals surface area contributed by atoms with Gasteiger partial charge in [-0.25, -0.2) is 4.39 Å². The summed E-state index contributed by atoms with van der Waals surface area (Å²) in [7, 11) is 0. The van der Waals surface area contributed by atoms with Gasteiger partial charge in [0, 0.05) is 17.4 Å². The van der Waals surface area contributed by atoms with Crippen LogP contribution in [0.3, 0.4) is 0 Å². The predicted molar refractivity (Wildman–Crippen MR) is 60.3 cm³/mol. The Kier molecular flexibility index (Phi) is 3.44. The third kappa shape index (κ3) is 2.04. The van der Waals surface area contributed by atoms with Gasteiger partial charge < -0.3 is 9.84 Å². The van der Waals surface area contributed by atoms with Crippen LogP contribution in [0.2, 0.25) is 0 Å². The summed E-state index contributed by atoms with van der Waals surface area (Å²) in [6.07, 6.45) is -4.59. The van der Waals surface area contributed by atoms with Gasteiger partial charge >= 0.3 is 6.18 Å². The molecule has 0 saturated carbocycles. The van der Waals surface area contributed by atoms with Crippen molar-refractivity contribution in [2.75, 3.05) is 6.61 Å². The van der Waals surface area contributed by atoms with Gasteiger partial charge in [0.15, 0.2) is 17.2 Å². The smallest absolute Gasteiger partial charge is 0.417 e. The minimum atomic E-state index is -4.59. The summed E-state index contributed by atoms with van der Waals surface area (Å²) in [5.41, 5.74) is -2.46. The first-order valence-corrected chi connectivity index (χ1v) is 5.97. The van der Waals surface area contributed by atoms with E-state index in [1.54, 1.807) is 0 Å². The van der Waals surface area contributed by atoms with E-state index in [4.69, 9.17) is 4.74 Å². The molecule has 1 aliphatic rings. The van der Waals surface area contributed by atoms with Crippen LogP contribution in [0.25, 0.3) is 0 Å². The van der Waals surface area contributed by atoms with E-state index in [9.17, 15) is 27.1 Å². The molecule has 0 aliphatic carbocycles. The maximum atomic E-state index is 13.3. The average Bonchev–Trinajstić information content (AvgIpc) is 2.65. The van der Waals surface area contributed by atoms with Crippen LogP contribution >= 0.6 is 0 Å². The number of phenols is 1. The lowest BCUT2D eigenvalue weighted by Gasteiger charge is -2.32. The van der Waals surface area contributed by atoms with E-state index >= 15 is 0 Å². The summed E-state index contributed by atoms with van der Waals surface area (Å²) in [4.78, 5) is 0. The Morgan fingerprint density at radius 2 is 1.90 bits per heavy atom. The Morgan fingerprint density at radius 3 is 2.40 bits per heavy atom. The second kappa shape index (κ2) is 4.58. The third-order valence-corrected chi connectivity index (χ3v) is 4.10. The van der Waals surface area contributed by atoms with Crippen LogP contribution in [0.4, 0.5) is 22.0 Å². The van der Waals surface area contributed by atoms with E-state index < -0.39 is 41.0 Å². The highest BCUT2D eigenvalue weighted by Crippen LogP contribution is 2.51. The normalized spacial score (nSPS) is 30.8. The zero-order valence-corrected chi connectivity index (χ0v) is 10.8. The fourth-order valence-corrected chi connectivity index (χ4v) is 2.48. The lowest BCUT2D eigenvalue weighted by Crippen LogP contribution is -2.46. The van der Waals surface area contributed by atoms with Crippen molar-refractivity contribution >= 4 is 0 Å². The third-order valence-electron chi connectivity index (χ3n) is 4.10. The van der Waals surface area contributed by atoms with E-state index in [1.165, 1.54) is 6.92 Å². The number of phenolic OH excluding ortho intramolecular Hbond substituents is 1. The summed E-state index contributed by atoms with van der Waals surface area (Å²) >= 11 is 0. The largest absolute Gasteiger partial charge is 0.505 e. The molecule has 7 heteroatoms. The molecule has 1 aromatic rings. The monoisotopic (exact) mass is 296 g/mol. The molecule has 1 fully saturated rings. The molecule has 1 N–H and O–H groups in total. The summed E-state index contributed by atoms with van der Waals surface area (Å²) in [6.45, 7) is 1.90. The van der Waals surface area contributed by atoms with E-state index in [2.05, 4.69) is 0 Å². The highest BCUT2D eigenvalue weighted by atomic mass is 19.4. The second-order valence-corrected chi connectivity index (χ2v) is 5.11. The Bertz CT molecular complexity index is 528. The van der Waals surface area contributed by atoms with Crippen molar-refractivity contribution in [2.24, 2.45) is 5.92 Å². The van der Waals surface area contributed by atoms with Crippen molar-refractivity contribution in [1.29, 1.82) is 0 Å². The molecule has 1 aliphatic heterocycles. The van der Waals surface area contributed by atoms with Gasteiger partial charge in [0.1, 0.15) is 0 Å². The Morgan fingerprint density at radius 1 is 1.30 bits per heavy atom. The molecule has 112 valence electrons. The van der Waals surface area contributed by atoms with Gasteiger partial charge in [-0.3, -0.25) is 0 Å². The minimum absolute atomic E-state index is 0.0793. The molecule has 1 saturated heterocycles. The molecule has 0 radical (unpaired) electrons. The Labute approximate surface area is 112 Å². The van der Waals surface area contributed by atoms with Gasteiger partial charge in [-0.2, -0.15) is 17.6 Å². The number of hydrogen-bond acceptors (Lipinski definition) is 2. The predicted octanol–water partition coefficient (Wildman–Crippen LogP) is 3.74. The molecule has 0 aromatic heterocycles. The molecule has 3 atom stereocenters. The lowest BCUT2D eigenvalue weighted by molar-refractivity contribution is -0.266. The fraction of sp³-hybridized carbons (Fsp3) is 0.538. The molecule has 2 nitrogen and oxygen atoms in total. The van der Waals surface area contributed by atoms with Crippen molar-refractivity contribution in [3.05, 3.63) is 29.3 Å². The lowest BCUT2D eigenvalue weighted by atomic mass is 9.79. The van der Waals surface area contributed by atoms with Crippen LogP contribution in [0.15, 0.2) is 12.1 Å². The molecule has 0 bridgehead atoms. The molecule has 20 heavy (non-hydrogen) atoms. The van der Waals surface area contributed by atoms with Gasteiger partial charge in [0.25, 0.3) is 0 Å². The Hall–Kier alpha value is -1.37. The molecule has 0 spiro atoms. The van der Waals surface area contributed by atoms with Gasteiger partial charge in [0.2, 0.25) is 5.82 Å². The van der Waals surface area contributed by atoms with Crippen molar-refractivity contribution in [3.8, 4) is 5.75 Å². The molecule has 0 unspecified atom stereocenters. The fourth-order valence-electron chi connectivity index (χ4n) is 2.48. The van der Waals surface area contributed by atoms with Gasteiger partial charge in [0.05, 0.1) is 6.61 Å². The molecule has 1 aromatic carbocycles. The first-order chi connectivity index (χ1) is 9.09. The molecular weight excluding hydrogens is 283 g/mol. The average molecular weight is 296 g/mol. The number of rotatable bonds is 1. The van der Waals surface area contributed by atoms with Crippen LogP contribution in [0.1, 0.15) is 25.3 Å². The van der Waals surface area contributed by atoms with Crippen LogP contribution in [0, 0.1) is 17.6 Å². The summed E-state index contributed by atoms with van der Waals surface area (Å²) in [5.74, 6) is -5.58. The number of aromatic hydroxyl groups is 1. The minimum Gasteiger partial charge on any atom is -0.505 e. The van der Waals surface area contributed by atoms with Crippen molar-refractivity contribution in [1.82, 2.24) is 0 Å². The van der Waals surface area contributed by atoms with E-state index in [0.717, 1.165) is 19.1 Å². The molecule has 0 amide bonds. The van der Waals surface area contributed by atoms with Gasteiger partial charge in [-0.05, 0) is 13.0 Å². The number of ether oxygens (including phenoxy) is 1. The van der Waals surface area contributed by atoms with E-state index in [0.29, 0.717) is 0 Å². The van der Waals surface area contributed by atoms with Gasteiger partial charge in [-0.15, -0.1) is 0 Å². The Balaban J connectivity index is 2.40. The molecule has 1 heterocycles. The topological polar surface area (TPSA) is 29.5 Å². The molecular formula is C13H13F5O2. The van der Waals surface area contributed by atoms with E-state index in [1.807, 2.05) is 0 Å². The van der Waals surface area contributed by atoms with Gasteiger partial charge in [-0.1, -0.05) is 13.0 Å². The van der Waals surface area contributed by atoms with Crippen LogP contribution in [0.5, 0.6) is 5.75 Å². The highest BCUT2D eigenvalue weighted by Gasteiger charge is 2.61. The standard InChI is InChI=1S/C13H13F5O2/c1-6-8(5-20-12(6,2)13(16,17)18)7-3-4-9(14)10(15)11(7)19/h3-4,6,8,19H,5H2,1-2H3/t6-,8-,12-/m0/s1. The summed E-state index contributed by atoms with van der Waals surface area (Å²) in [6, 6.07) is 1.86. The number of alkyl halides is 3. The van der Waals surface area contributed by atoms with Crippen LogP contribution in [-0.4, -0.2) is 23.5 Å². The first kappa shape index (κ1) is 15.0. The number of benzene rings is 1. The zero-order chi connectivity index (χ0) is 15.3. The van der Waals surface area contributed by atoms with E-state index in [-0.39, 0.29) is 12.2 Å². The SMILES string of the molecule is C[C@H]1[C@@H](c2ccc(F)c(F)c2O)CO[C@]1(C)C(F)(F)F. The highest BCUT2D eigenvalue weighted by molar-refractivity contribution is 5.38. The first-order valence-electron chi connectivity index (χ1n) is 5.97. The quantitative estimate of drug-likeness (QED) is 0.800. The van der Waals surface area contributed by atoms with Crippen LogP contribution < -0.4 is 0 Å². The molecule has 2 rings (SSSR count). The number of halogens is 5. The van der Waals surface area contributed by atoms with Crippen LogP contribution in [-0.2, 0) is 4.74 Å². The van der Waals surface area contributed by atoms with Crippen molar-refractivity contribution in [2.45, 2.75) is 31.5 Å². The maximum absolute atomic E-state index is 13.3.